The summed E-state index contributed by atoms with van der Waals surface area (Å²) in [6, 6.07) is 13.5. The number of benzene rings is 2. The van der Waals surface area contributed by atoms with Gasteiger partial charge in [0.25, 0.3) is 5.91 Å². The molecule has 0 radical (unpaired) electrons. The minimum absolute atomic E-state index is 0.0867. The summed E-state index contributed by atoms with van der Waals surface area (Å²) >= 11 is 0. The molecule has 0 saturated heterocycles. The van der Waals surface area contributed by atoms with Crippen molar-refractivity contribution in [3.63, 3.8) is 0 Å². The summed E-state index contributed by atoms with van der Waals surface area (Å²) in [5.74, 6) is 1.58. The van der Waals surface area contributed by atoms with Gasteiger partial charge in [0, 0.05) is 11.6 Å². The van der Waals surface area contributed by atoms with E-state index in [0.29, 0.717) is 22.8 Å². The van der Waals surface area contributed by atoms with E-state index < -0.39 is 6.04 Å². The summed E-state index contributed by atoms with van der Waals surface area (Å²) in [5, 5.41) is 9.92. The van der Waals surface area contributed by atoms with Crippen LogP contribution in [0.25, 0.3) is 0 Å². The molecule has 6 heteroatoms. The van der Waals surface area contributed by atoms with E-state index in [4.69, 9.17) is 20.6 Å². The van der Waals surface area contributed by atoms with E-state index in [1.807, 2.05) is 18.2 Å². The van der Waals surface area contributed by atoms with Crippen LogP contribution >= 0.6 is 0 Å². The highest BCUT2D eigenvalue weighted by Gasteiger charge is 2.11. The number of ether oxygens (including phenoxy) is 2. The molecule has 23 heavy (non-hydrogen) atoms. The maximum absolute atomic E-state index is 12.0. The highest BCUT2D eigenvalue weighted by molar-refractivity contribution is 5.97. The van der Waals surface area contributed by atoms with Gasteiger partial charge in [0.1, 0.15) is 23.1 Å². The molecule has 1 unspecified atom stereocenters. The topological polar surface area (TPSA) is 97.4 Å². The first-order valence-electron chi connectivity index (χ1n) is 7.06. The van der Waals surface area contributed by atoms with Crippen molar-refractivity contribution in [2.24, 2.45) is 5.73 Å². The van der Waals surface area contributed by atoms with E-state index in [9.17, 15) is 4.79 Å². The van der Waals surface area contributed by atoms with Gasteiger partial charge in [-0.3, -0.25) is 10.2 Å². The molecule has 6 nitrogen and oxygen atoms in total. The molecule has 4 N–H and O–H groups in total. The van der Waals surface area contributed by atoms with E-state index in [2.05, 4.69) is 5.32 Å². The second-order valence-corrected chi connectivity index (χ2v) is 4.96. The molecule has 0 aliphatic heterocycles. The van der Waals surface area contributed by atoms with Crippen LogP contribution in [0.5, 0.6) is 17.2 Å². The largest absolute Gasteiger partial charge is 0.497 e. The fourth-order valence-corrected chi connectivity index (χ4v) is 1.83. The van der Waals surface area contributed by atoms with Crippen LogP contribution in [0.2, 0.25) is 0 Å². The number of carbonyl (C=O) groups is 1. The molecule has 2 aromatic rings. The highest BCUT2D eigenvalue weighted by atomic mass is 16.5. The van der Waals surface area contributed by atoms with Crippen molar-refractivity contribution in [1.82, 2.24) is 5.32 Å². The molecule has 0 bridgehead atoms. The molecule has 0 fully saturated rings. The molecule has 0 aliphatic rings. The standard InChI is InChI=1S/C17H19N3O3/c1-11(16(18)19)20-17(21)12-6-8-13(9-7-12)23-15-5-3-4-14(10-15)22-2/h3-11H,1-2H3,(H3,18,19)(H,20,21). The maximum atomic E-state index is 12.0. The predicted molar refractivity (Wildman–Crippen MR) is 88.4 cm³/mol. The van der Waals surface area contributed by atoms with Crippen molar-refractivity contribution in [3.05, 3.63) is 54.1 Å². The molecule has 0 saturated carbocycles. The Hall–Kier alpha value is -3.02. The van der Waals surface area contributed by atoms with Crippen LogP contribution in [0.1, 0.15) is 17.3 Å². The maximum Gasteiger partial charge on any atom is 0.251 e. The van der Waals surface area contributed by atoms with Crippen LogP contribution < -0.4 is 20.5 Å². The number of hydrogen-bond acceptors (Lipinski definition) is 4. The number of rotatable bonds is 6. The van der Waals surface area contributed by atoms with Crippen LogP contribution in [-0.4, -0.2) is 24.9 Å². The lowest BCUT2D eigenvalue weighted by Crippen LogP contribution is -2.41. The van der Waals surface area contributed by atoms with Gasteiger partial charge in [-0.1, -0.05) is 6.07 Å². The van der Waals surface area contributed by atoms with Crippen molar-refractivity contribution in [2.45, 2.75) is 13.0 Å². The Kier molecular flexibility index (Phi) is 5.19. The van der Waals surface area contributed by atoms with Gasteiger partial charge < -0.3 is 20.5 Å². The molecule has 2 rings (SSSR count). The van der Waals surface area contributed by atoms with Crippen LogP contribution in [0, 0.1) is 5.41 Å². The van der Waals surface area contributed by atoms with E-state index in [-0.39, 0.29) is 11.7 Å². The monoisotopic (exact) mass is 313 g/mol. The van der Waals surface area contributed by atoms with E-state index >= 15 is 0 Å². The third-order valence-corrected chi connectivity index (χ3v) is 3.21. The fraction of sp³-hybridized carbons (Fsp3) is 0.176. The summed E-state index contributed by atoms with van der Waals surface area (Å²) in [7, 11) is 1.59. The zero-order chi connectivity index (χ0) is 16.8. The second kappa shape index (κ2) is 7.31. The van der Waals surface area contributed by atoms with Crippen molar-refractivity contribution >= 4 is 11.7 Å². The quantitative estimate of drug-likeness (QED) is 0.564. The van der Waals surface area contributed by atoms with Gasteiger partial charge in [0.05, 0.1) is 13.2 Å². The Morgan fingerprint density at radius 1 is 1.13 bits per heavy atom. The molecule has 0 aromatic heterocycles. The van der Waals surface area contributed by atoms with Gasteiger partial charge in [-0.15, -0.1) is 0 Å². The molecular formula is C17H19N3O3. The van der Waals surface area contributed by atoms with E-state index in [0.717, 1.165) is 0 Å². The highest BCUT2D eigenvalue weighted by Crippen LogP contribution is 2.25. The first-order valence-corrected chi connectivity index (χ1v) is 7.06. The molecule has 0 aliphatic carbocycles. The van der Waals surface area contributed by atoms with Crippen LogP contribution in [-0.2, 0) is 0 Å². The summed E-state index contributed by atoms with van der Waals surface area (Å²) < 4.78 is 10.8. The van der Waals surface area contributed by atoms with Gasteiger partial charge in [0.15, 0.2) is 0 Å². The number of nitrogens with one attached hydrogen (secondary N) is 2. The lowest BCUT2D eigenvalue weighted by atomic mass is 10.2. The number of nitrogens with two attached hydrogens (primary N) is 1. The van der Waals surface area contributed by atoms with Crippen LogP contribution in [0.4, 0.5) is 0 Å². The number of methoxy groups -OCH3 is 1. The van der Waals surface area contributed by atoms with Crippen LogP contribution in [0.3, 0.4) is 0 Å². The van der Waals surface area contributed by atoms with Gasteiger partial charge >= 0.3 is 0 Å². The molecule has 0 heterocycles. The molecule has 0 spiro atoms. The number of amides is 1. The number of amidine groups is 1. The Bertz CT molecular complexity index is 698. The molecule has 1 atom stereocenters. The summed E-state index contributed by atoms with van der Waals surface area (Å²) in [4.78, 5) is 12.0. The van der Waals surface area contributed by atoms with Gasteiger partial charge in [-0.2, -0.15) is 0 Å². The van der Waals surface area contributed by atoms with E-state index in [1.54, 1.807) is 44.4 Å². The zero-order valence-electron chi connectivity index (χ0n) is 13.0. The molecule has 1 amide bonds. The summed E-state index contributed by atoms with van der Waals surface area (Å²) in [6.45, 7) is 1.65. The molecular weight excluding hydrogens is 294 g/mol. The minimum atomic E-state index is -0.504. The second-order valence-electron chi connectivity index (χ2n) is 4.96. The third kappa shape index (κ3) is 4.47. The Morgan fingerprint density at radius 3 is 2.39 bits per heavy atom. The SMILES string of the molecule is COc1cccc(Oc2ccc(C(=O)NC(C)C(=N)N)cc2)c1. The number of carbonyl (C=O) groups excluding carboxylic acids is 1. The normalized spacial score (nSPS) is 11.4. The van der Waals surface area contributed by atoms with Crippen molar-refractivity contribution in [2.75, 3.05) is 7.11 Å². The Labute approximate surface area is 134 Å². The van der Waals surface area contributed by atoms with Crippen molar-refractivity contribution < 1.29 is 14.3 Å². The van der Waals surface area contributed by atoms with Gasteiger partial charge in [-0.25, -0.2) is 0 Å². The van der Waals surface area contributed by atoms with E-state index in [1.165, 1.54) is 0 Å². The molecule has 120 valence electrons. The minimum Gasteiger partial charge on any atom is -0.497 e. The average molecular weight is 313 g/mol. The van der Waals surface area contributed by atoms with Crippen molar-refractivity contribution in [3.8, 4) is 17.2 Å². The summed E-state index contributed by atoms with van der Waals surface area (Å²) in [6.07, 6.45) is 0. The lowest BCUT2D eigenvalue weighted by Gasteiger charge is -2.12. The zero-order valence-corrected chi connectivity index (χ0v) is 13.0. The van der Waals surface area contributed by atoms with Crippen LogP contribution in [0.15, 0.2) is 48.5 Å². The Balaban J connectivity index is 2.04. The fourth-order valence-electron chi connectivity index (χ4n) is 1.83. The average Bonchev–Trinajstić information content (AvgIpc) is 2.55. The lowest BCUT2D eigenvalue weighted by molar-refractivity contribution is 0.0949. The van der Waals surface area contributed by atoms with Gasteiger partial charge in [-0.05, 0) is 43.3 Å². The number of hydrogen-bond donors (Lipinski definition) is 3. The first-order chi connectivity index (χ1) is 11.0. The first kappa shape index (κ1) is 16.4. The Morgan fingerprint density at radius 2 is 1.78 bits per heavy atom. The predicted octanol–water partition coefficient (Wildman–Crippen LogP) is 2.54. The van der Waals surface area contributed by atoms with Crippen molar-refractivity contribution in [1.29, 1.82) is 5.41 Å². The third-order valence-electron chi connectivity index (χ3n) is 3.21. The summed E-state index contributed by atoms with van der Waals surface area (Å²) in [5.41, 5.74) is 5.80. The van der Waals surface area contributed by atoms with Gasteiger partial charge in [0.2, 0.25) is 0 Å². The molecule has 2 aromatic carbocycles. The smallest absolute Gasteiger partial charge is 0.251 e.